The highest BCUT2D eigenvalue weighted by molar-refractivity contribution is 5.87. The third-order valence-corrected chi connectivity index (χ3v) is 4.20. The predicted molar refractivity (Wildman–Crippen MR) is 89.2 cm³/mol. The molecule has 6 nitrogen and oxygen atoms in total. The first-order valence-corrected chi connectivity index (χ1v) is 8.01. The number of fused-ring (bicyclic) bond motifs is 1. The molecule has 0 saturated carbocycles. The average molecular weight is 356 g/mol. The lowest BCUT2D eigenvalue weighted by atomic mass is 10.00. The Bertz CT molecular complexity index is 956. The van der Waals surface area contributed by atoms with Crippen LogP contribution in [0.25, 0.3) is 11.5 Å². The molecule has 4 rings (SSSR count). The summed E-state index contributed by atoms with van der Waals surface area (Å²) in [4.78, 5) is 14.0. The number of carbonyl (C=O) groups excluding carboxylic acids is 1. The zero-order valence-corrected chi connectivity index (χ0v) is 13.6. The van der Waals surface area contributed by atoms with E-state index in [9.17, 15) is 13.6 Å². The van der Waals surface area contributed by atoms with E-state index in [4.69, 9.17) is 4.42 Å². The first-order chi connectivity index (χ1) is 12.6. The first kappa shape index (κ1) is 16.2. The molecule has 1 N–H and O–H groups in total. The van der Waals surface area contributed by atoms with E-state index in [1.54, 1.807) is 11.0 Å². The van der Waals surface area contributed by atoms with Crippen molar-refractivity contribution >= 4 is 12.0 Å². The van der Waals surface area contributed by atoms with Gasteiger partial charge in [-0.05, 0) is 53.9 Å². The minimum Gasteiger partial charge on any atom is -0.403 e. The quantitative estimate of drug-likeness (QED) is 0.761. The number of benzene rings is 2. The van der Waals surface area contributed by atoms with Crippen molar-refractivity contribution in [2.75, 3.05) is 11.9 Å². The number of nitrogens with zero attached hydrogens (tertiary/aromatic N) is 3. The zero-order chi connectivity index (χ0) is 18.1. The molecule has 8 heteroatoms. The van der Waals surface area contributed by atoms with E-state index in [1.165, 1.54) is 36.4 Å². The van der Waals surface area contributed by atoms with Crippen LogP contribution in [-0.4, -0.2) is 27.7 Å². The number of rotatable bonds is 2. The highest BCUT2D eigenvalue weighted by Gasteiger charge is 2.22. The van der Waals surface area contributed by atoms with E-state index in [1.807, 2.05) is 0 Å². The third kappa shape index (κ3) is 3.26. The Labute approximate surface area is 147 Å². The number of hydrogen-bond donors (Lipinski definition) is 1. The Morgan fingerprint density at radius 3 is 2.62 bits per heavy atom. The molecule has 0 radical (unpaired) electrons. The van der Waals surface area contributed by atoms with E-state index < -0.39 is 0 Å². The van der Waals surface area contributed by atoms with Crippen molar-refractivity contribution < 1.29 is 18.0 Å². The van der Waals surface area contributed by atoms with Crippen LogP contribution in [0.2, 0.25) is 0 Å². The number of carbonyl (C=O) groups is 1. The lowest BCUT2D eigenvalue weighted by Crippen LogP contribution is -2.39. The summed E-state index contributed by atoms with van der Waals surface area (Å²) in [5, 5.41) is 10.2. The Hall–Kier alpha value is -3.29. The maximum absolute atomic E-state index is 13.3. The molecule has 0 bridgehead atoms. The van der Waals surface area contributed by atoms with Gasteiger partial charge in [0.25, 0.3) is 0 Å². The summed E-state index contributed by atoms with van der Waals surface area (Å²) in [7, 11) is 0. The molecule has 2 heterocycles. The molecule has 0 spiro atoms. The lowest BCUT2D eigenvalue weighted by molar-refractivity contribution is 0.205. The second-order valence-electron chi connectivity index (χ2n) is 5.93. The summed E-state index contributed by atoms with van der Waals surface area (Å²) < 4.78 is 31.6. The minimum atomic E-state index is -0.380. The van der Waals surface area contributed by atoms with Crippen molar-refractivity contribution in [3.05, 3.63) is 65.2 Å². The smallest absolute Gasteiger partial charge is 0.325 e. The fourth-order valence-corrected chi connectivity index (χ4v) is 2.85. The van der Waals surface area contributed by atoms with Gasteiger partial charge in [-0.2, -0.15) is 0 Å². The van der Waals surface area contributed by atoms with Gasteiger partial charge in [0.05, 0.1) is 0 Å². The van der Waals surface area contributed by atoms with Gasteiger partial charge in [0.15, 0.2) is 0 Å². The number of hydrogen-bond acceptors (Lipinski definition) is 4. The fraction of sp³-hybridized carbons (Fsp3) is 0.167. The van der Waals surface area contributed by atoms with Crippen molar-refractivity contribution in [1.29, 1.82) is 0 Å². The monoisotopic (exact) mass is 356 g/mol. The second kappa shape index (κ2) is 6.55. The van der Waals surface area contributed by atoms with Crippen LogP contribution in [0.15, 0.2) is 46.9 Å². The maximum Gasteiger partial charge on any atom is 0.325 e. The largest absolute Gasteiger partial charge is 0.403 e. The number of amides is 2. The Balaban J connectivity index is 1.44. The first-order valence-electron chi connectivity index (χ1n) is 8.01. The van der Waals surface area contributed by atoms with E-state index >= 15 is 0 Å². The van der Waals surface area contributed by atoms with Crippen LogP contribution < -0.4 is 5.32 Å². The molecule has 0 unspecified atom stereocenters. The molecule has 2 amide bonds. The molecular formula is C18H14F2N4O2. The van der Waals surface area contributed by atoms with Crippen molar-refractivity contribution in [3.63, 3.8) is 0 Å². The molecule has 26 heavy (non-hydrogen) atoms. The number of nitrogens with one attached hydrogen (secondary N) is 1. The van der Waals surface area contributed by atoms with Crippen LogP contribution in [0.3, 0.4) is 0 Å². The highest BCUT2D eigenvalue weighted by atomic mass is 19.1. The Morgan fingerprint density at radius 2 is 1.81 bits per heavy atom. The van der Waals surface area contributed by atoms with Crippen LogP contribution in [0.1, 0.15) is 11.1 Å². The Morgan fingerprint density at radius 1 is 1.04 bits per heavy atom. The van der Waals surface area contributed by atoms with Crippen molar-refractivity contribution in [3.8, 4) is 11.5 Å². The molecule has 3 aromatic rings. The standard InChI is InChI=1S/C18H14F2N4O2/c19-14-4-1-11(2-5-14)16-22-23-17(26-16)21-18(25)24-8-7-12-9-15(20)6-3-13(12)10-24/h1-6,9H,7-8,10H2,(H,21,23,25). The molecule has 0 fully saturated rings. The minimum absolute atomic E-state index is 0.0424. The van der Waals surface area contributed by atoms with Gasteiger partial charge in [-0.3, -0.25) is 5.32 Å². The van der Waals surface area contributed by atoms with E-state index in [0.717, 1.165) is 11.1 Å². The van der Waals surface area contributed by atoms with Crippen LogP contribution in [0.5, 0.6) is 0 Å². The molecule has 0 atom stereocenters. The summed E-state index contributed by atoms with van der Waals surface area (Å²) in [5.41, 5.74) is 2.36. The van der Waals surface area contributed by atoms with Crippen LogP contribution >= 0.6 is 0 Å². The van der Waals surface area contributed by atoms with Gasteiger partial charge >= 0.3 is 12.0 Å². The SMILES string of the molecule is O=C(Nc1nnc(-c2ccc(F)cc2)o1)N1CCc2cc(F)ccc2C1. The van der Waals surface area contributed by atoms with Crippen molar-refractivity contribution in [2.24, 2.45) is 0 Å². The van der Waals surface area contributed by atoms with Gasteiger partial charge < -0.3 is 9.32 Å². The number of urea groups is 1. The molecule has 1 aliphatic rings. The maximum atomic E-state index is 13.3. The summed E-state index contributed by atoms with van der Waals surface area (Å²) >= 11 is 0. The number of halogens is 2. The highest BCUT2D eigenvalue weighted by Crippen LogP contribution is 2.22. The van der Waals surface area contributed by atoms with E-state index in [2.05, 4.69) is 15.5 Å². The normalized spacial score (nSPS) is 13.4. The molecular weight excluding hydrogens is 342 g/mol. The fourth-order valence-electron chi connectivity index (χ4n) is 2.85. The van der Waals surface area contributed by atoms with Crippen molar-refractivity contribution in [1.82, 2.24) is 15.1 Å². The van der Waals surface area contributed by atoms with E-state index in [-0.39, 0.29) is 29.6 Å². The van der Waals surface area contributed by atoms with E-state index in [0.29, 0.717) is 25.1 Å². The number of aromatic nitrogens is 2. The molecule has 1 aromatic heterocycles. The van der Waals surface area contributed by atoms with Gasteiger partial charge in [0.2, 0.25) is 5.89 Å². The molecule has 0 saturated heterocycles. The summed E-state index contributed by atoms with van der Waals surface area (Å²) in [6.07, 6.45) is 0.575. The topological polar surface area (TPSA) is 71.3 Å². The molecule has 1 aliphatic heterocycles. The third-order valence-electron chi connectivity index (χ3n) is 4.20. The second-order valence-corrected chi connectivity index (χ2v) is 5.93. The van der Waals surface area contributed by atoms with Gasteiger partial charge in [-0.1, -0.05) is 11.2 Å². The predicted octanol–water partition coefficient (Wildman–Crippen LogP) is 3.61. The molecule has 132 valence electrons. The average Bonchev–Trinajstić information content (AvgIpc) is 3.10. The lowest BCUT2D eigenvalue weighted by Gasteiger charge is -2.28. The number of anilines is 1. The van der Waals surface area contributed by atoms with Crippen LogP contribution in [-0.2, 0) is 13.0 Å². The van der Waals surface area contributed by atoms with Crippen LogP contribution in [0.4, 0.5) is 19.6 Å². The van der Waals surface area contributed by atoms with Gasteiger partial charge in [0, 0.05) is 18.7 Å². The van der Waals surface area contributed by atoms with Crippen molar-refractivity contribution in [2.45, 2.75) is 13.0 Å². The molecule has 2 aromatic carbocycles. The summed E-state index contributed by atoms with van der Waals surface area (Å²) in [6, 6.07) is 9.73. The summed E-state index contributed by atoms with van der Waals surface area (Å²) in [5.74, 6) is -0.465. The van der Waals surface area contributed by atoms with Gasteiger partial charge in [-0.15, -0.1) is 5.10 Å². The zero-order valence-electron chi connectivity index (χ0n) is 13.6. The Kier molecular flexibility index (Phi) is 4.08. The van der Waals surface area contributed by atoms with Gasteiger partial charge in [0.1, 0.15) is 11.6 Å². The van der Waals surface area contributed by atoms with Crippen LogP contribution in [0, 0.1) is 11.6 Å². The summed E-state index contributed by atoms with van der Waals surface area (Å²) in [6.45, 7) is 0.835. The molecule has 0 aliphatic carbocycles. The van der Waals surface area contributed by atoms with Gasteiger partial charge in [-0.25, -0.2) is 13.6 Å².